The van der Waals surface area contributed by atoms with Crippen LogP contribution >= 0.6 is 0 Å². The van der Waals surface area contributed by atoms with Crippen molar-refractivity contribution in [3.63, 3.8) is 0 Å². The maximum absolute atomic E-state index is 10.6. The lowest BCUT2D eigenvalue weighted by Crippen LogP contribution is -2.35. The van der Waals surface area contributed by atoms with E-state index in [0.29, 0.717) is 44.4 Å². The van der Waals surface area contributed by atoms with Crippen LogP contribution in [0.1, 0.15) is 35.8 Å². The minimum absolute atomic E-state index is 0.205. The fourth-order valence-corrected chi connectivity index (χ4v) is 4.78. The van der Waals surface area contributed by atoms with Crippen molar-refractivity contribution in [2.24, 2.45) is 7.05 Å². The zero-order chi connectivity index (χ0) is 23.9. The molecule has 2 bridgehead atoms. The number of ether oxygens (including phenoxy) is 3. The minimum atomic E-state index is -0.642. The number of hydrogen-bond acceptors (Lipinski definition) is 7. The van der Waals surface area contributed by atoms with Crippen molar-refractivity contribution in [2.45, 2.75) is 31.9 Å². The van der Waals surface area contributed by atoms with E-state index in [4.69, 9.17) is 19.3 Å². The average Bonchev–Trinajstić information content (AvgIpc) is 3.52. The second-order valence-corrected chi connectivity index (χ2v) is 8.99. The number of aromatic amines is 1. The number of hydrogen-bond donors (Lipinski definition) is 2. The molecule has 0 saturated carbocycles. The van der Waals surface area contributed by atoms with Gasteiger partial charge in [-0.25, -0.2) is 9.36 Å². The summed E-state index contributed by atoms with van der Waals surface area (Å²) in [7, 11) is 1.88. The Balaban J connectivity index is 1.46. The third-order valence-electron chi connectivity index (χ3n) is 6.65. The highest BCUT2D eigenvalue weighted by Crippen LogP contribution is 2.35. The normalized spacial score (nSPS) is 21.5. The molecule has 2 N–H and O–H groups in total. The third-order valence-corrected chi connectivity index (χ3v) is 6.65. The highest BCUT2D eigenvalue weighted by Gasteiger charge is 2.30. The number of nitrogens with one attached hydrogen (secondary N) is 1. The zero-order valence-electron chi connectivity index (χ0n) is 19.8. The summed E-state index contributed by atoms with van der Waals surface area (Å²) in [5, 5.41) is 28.4. The van der Waals surface area contributed by atoms with Crippen LogP contribution in [-0.4, -0.2) is 67.4 Å². The van der Waals surface area contributed by atoms with E-state index in [0.717, 1.165) is 39.0 Å². The second kappa shape index (κ2) is 8.86. The van der Waals surface area contributed by atoms with Gasteiger partial charge >= 0.3 is 0 Å². The van der Waals surface area contributed by atoms with E-state index in [2.05, 4.69) is 21.4 Å². The molecule has 2 aliphatic rings. The molecule has 0 spiro atoms. The monoisotopic (exact) mass is 476 g/mol. The molecule has 10 nitrogen and oxygen atoms in total. The Bertz CT molecular complexity index is 1400. The van der Waals surface area contributed by atoms with Gasteiger partial charge in [0.05, 0.1) is 66.2 Å². The van der Waals surface area contributed by atoms with Gasteiger partial charge in [0.1, 0.15) is 0 Å². The van der Waals surface area contributed by atoms with E-state index in [1.54, 1.807) is 4.68 Å². The van der Waals surface area contributed by atoms with Gasteiger partial charge in [0.25, 0.3) is 0 Å². The zero-order valence-corrected chi connectivity index (χ0v) is 19.8. The standard InChI is InChI=1S/C25H28N6O4/c1-15-17-5-7-21-18-12-16(4-6-20(18)27-28-21)19-13-26-30(2)24(19)34-9-3-10-35-25(17)31(29-15)22-8-11-33-14-23(22)32/h4-7,12-13,22-23,32H,3,8-11,14H2,1-2H3,(H,27,28)/b7-5+/t22-,23-/m0/s1. The van der Waals surface area contributed by atoms with Gasteiger partial charge in [-0.05, 0) is 43.2 Å². The second-order valence-electron chi connectivity index (χ2n) is 8.99. The Labute approximate surface area is 202 Å². The van der Waals surface area contributed by atoms with Crippen LogP contribution in [0.15, 0.2) is 24.4 Å². The molecule has 6 rings (SSSR count). The number of H-pyrrole nitrogens is 1. The molecule has 0 radical (unpaired) electrons. The first-order valence-electron chi connectivity index (χ1n) is 11.9. The summed E-state index contributed by atoms with van der Waals surface area (Å²) in [6.45, 7) is 3.74. The Morgan fingerprint density at radius 2 is 1.97 bits per heavy atom. The fourth-order valence-electron chi connectivity index (χ4n) is 4.78. The fraction of sp³-hybridized carbons (Fsp3) is 0.400. The smallest absolute Gasteiger partial charge is 0.219 e. The summed E-state index contributed by atoms with van der Waals surface area (Å²) in [6.07, 6.45) is 6.50. The molecule has 0 amide bonds. The van der Waals surface area contributed by atoms with Crippen LogP contribution in [0.3, 0.4) is 0 Å². The molecule has 0 aliphatic carbocycles. The summed E-state index contributed by atoms with van der Waals surface area (Å²) in [5.41, 5.74) is 5.41. The Morgan fingerprint density at radius 1 is 1.11 bits per heavy atom. The number of aliphatic hydroxyl groups is 1. The van der Waals surface area contributed by atoms with Crippen LogP contribution in [-0.2, 0) is 11.8 Å². The van der Waals surface area contributed by atoms with Crippen LogP contribution < -0.4 is 9.47 Å². The average molecular weight is 477 g/mol. The maximum atomic E-state index is 10.6. The predicted octanol–water partition coefficient (Wildman–Crippen LogP) is 3.12. The van der Waals surface area contributed by atoms with Crippen molar-refractivity contribution >= 4 is 23.1 Å². The van der Waals surface area contributed by atoms with Gasteiger partial charge in [-0.3, -0.25) is 5.10 Å². The molecule has 5 heterocycles. The topological polar surface area (TPSA) is 112 Å². The van der Waals surface area contributed by atoms with Gasteiger partial charge in [-0.1, -0.05) is 6.07 Å². The number of benzene rings is 1. The lowest BCUT2D eigenvalue weighted by atomic mass is 10.1. The van der Waals surface area contributed by atoms with Gasteiger partial charge in [0.2, 0.25) is 11.8 Å². The lowest BCUT2D eigenvalue weighted by molar-refractivity contribution is -0.0437. The molecular formula is C25H28N6O4. The van der Waals surface area contributed by atoms with Gasteiger partial charge in [0, 0.05) is 25.5 Å². The van der Waals surface area contributed by atoms with Crippen molar-refractivity contribution in [3.8, 4) is 22.9 Å². The van der Waals surface area contributed by atoms with Crippen molar-refractivity contribution in [1.82, 2.24) is 29.8 Å². The largest absolute Gasteiger partial charge is 0.477 e. The van der Waals surface area contributed by atoms with Crippen molar-refractivity contribution in [1.29, 1.82) is 0 Å². The van der Waals surface area contributed by atoms with E-state index in [1.807, 2.05) is 49.1 Å². The first kappa shape index (κ1) is 21.9. The first-order chi connectivity index (χ1) is 17.1. The SMILES string of the molecule is Cc1nn([C@H]2CCOC[C@@H]2O)c2c1/C=C/c1n[nH]c3ccc(cc13)-c1cnn(C)c1OCCCO2. The maximum Gasteiger partial charge on any atom is 0.219 e. The minimum Gasteiger partial charge on any atom is -0.477 e. The van der Waals surface area contributed by atoms with Gasteiger partial charge < -0.3 is 19.3 Å². The number of aromatic nitrogens is 6. The summed E-state index contributed by atoms with van der Waals surface area (Å²) in [6, 6.07) is 5.97. The highest BCUT2D eigenvalue weighted by atomic mass is 16.5. The molecule has 0 unspecified atom stereocenters. The van der Waals surface area contributed by atoms with Crippen molar-refractivity contribution < 1.29 is 19.3 Å². The number of rotatable bonds is 1. The van der Waals surface area contributed by atoms with E-state index in [9.17, 15) is 5.11 Å². The summed E-state index contributed by atoms with van der Waals surface area (Å²) < 4.78 is 21.4. The van der Waals surface area contributed by atoms with Crippen LogP contribution in [0.2, 0.25) is 0 Å². The van der Waals surface area contributed by atoms with Crippen molar-refractivity contribution in [2.75, 3.05) is 26.4 Å². The molecule has 4 aromatic rings. The number of fused-ring (bicyclic) bond motifs is 4. The van der Waals surface area contributed by atoms with E-state index >= 15 is 0 Å². The highest BCUT2D eigenvalue weighted by molar-refractivity contribution is 5.93. The molecule has 2 aliphatic heterocycles. The number of aliphatic hydroxyl groups excluding tert-OH is 1. The predicted molar refractivity (Wildman–Crippen MR) is 130 cm³/mol. The Kier molecular flexibility index (Phi) is 5.54. The van der Waals surface area contributed by atoms with Gasteiger partial charge in [0.15, 0.2) is 0 Å². The van der Waals surface area contributed by atoms with Gasteiger partial charge in [-0.2, -0.15) is 15.3 Å². The third kappa shape index (κ3) is 3.88. The lowest BCUT2D eigenvalue weighted by Gasteiger charge is -2.29. The number of aryl methyl sites for hydroxylation is 2. The summed E-state index contributed by atoms with van der Waals surface area (Å²) in [5.74, 6) is 1.35. The molecule has 3 aromatic heterocycles. The molecule has 35 heavy (non-hydrogen) atoms. The molecule has 10 heteroatoms. The van der Waals surface area contributed by atoms with E-state index < -0.39 is 6.10 Å². The first-order valence-corrected chi connectivity index (χ1v) is 11.9. The molecular weight excluding hydrogens is 448 g/mol. The molecule has 1 saturated heterocycles. The summed E-state index contributed by atoms with van der Waals surface area (Å²) >= 11 is 0. The Morgan fingerprint density at radius 3 is 2.83 bits per heavy atom. The van der Waals surface area contributed by atoms with Crippen molar-refractivity contribution in [3.05, 3.63) is 41.3 Å². The molecule has 1 fully saturated rings. The molecule has 182 valence electrons. The molecule has 2 atom stereocenters. The Hall–Kier alpha value is -3.63. The van der Waals surface area contributed by atoms with E-state index in [-0.39, 0.29) is 12.6 Å². The molecule has 1 aromatic carbocycles. The van der Waals surface area contributed by atoms with Crippen LogP contribution in [0.4, 0.5) is 0 Å². The van der Waals surface area contributed by atoms with Crippen LogP contribution in [0.5, 0.6) is 11.8 Å². The van der Waals surface area contributed by atoms with Gasteiger partial charge in [-0.15, -0.1) is 0 Å². The quantitative estimate of drug-likeness (QED) is 0.434. The van der Waals surface area contributed by atoms with Crippen LogP contribution in [0.25, 0.3) is 34.2 Å². The summed E-state index contributed by atoms with van der Waals surface area (Å²) in [4.78, 5) is 0. The number of nitrogens with zero attached hydrogens (tertiary/aromatic N) is 5. The van der Waals surface area contributed by atoms with Crippen LogP contribution in [0, 0.1) is 6.92 Å². The van der Waals surface area contributed by atoms with E-state index in [1.165, 1.54) is 0 Å².